The van der Waals surface area contributed by atoms with Crippen LogP contribution in [0.15, 0.2) is 174 Å². The minimum Gasteiger partial charge on any atom is -0.465 e. The lowest BCUT2D eigenvalue weighted by atomic mass is 9.47. The van der Waals surface area contributed by atoms with Crippen LogP contribution in [0.2, 0.25) is 0 Å². The predicted octanol–water partition coefficient (Wildman–Crippen LogP) is 17.4. The maximum Gasteiger partial charge on any atom is 0.375 e. The molecule has 0 aliphatic carbocycles. The van der Waals surface area contributed by atoms with Gasteiger partial charge in [-0.1, -0.05) is 192 Å². The number of benzene rings is 8. The Kier molecular flexibility index (Phi) is 9.64. The van der Waals surface area contributed by atoms with E-state index in [4.69, 9.17) is 4.42 Å². The van der Waals surface area contributed by atoms with E-state index < -0.39 is 0 Å². The first-order chi connectivity index (χ1) is 34.8. The normalized spacial score (nSPS) is 13.7. The van der Waals surface area contributed by atoms with Crippen LogP contribution in [0.5, 0.6) is 0 Å². The maximum absolute atomic E-state index is 7.80. The Hall–Kier alpha value is -7.50. The first-order valence-corrected chi connectivity index (χ1v) is 26.3. The van der Waals surface area contributed by atoms with E-state index in [1.54, 1.807) is 0 Å². The molecule has 0 amide bonds. The quantitative estimate of drug-likeness (QED) is 0.164. The van der Waals surface area contributed by atoms with Crippen LogP contribution in [0.1, 0.15) is 105 Å². The van der Waals surface area contributed by atoms with Gasteiger partial charge < -0.3 is 18.4 Å². The molecule has 0 saturated heterocycles. The Morgan fingerprint density at radius 3 is 1.55 bits per heavy atom. The molecule has 13 rings (SSSR count). The number of furan rings is 1. The minimum absolute atomic E-state index is 0.00734. The molecule has 11 aromatic rings. The molecule has 360 valence electrons. The molecule has 0 atom stereocenters. The Balaban J connectivity index is 1.27. The van der Waals surface area contributed by atoms with Crippen molar-refractivity contribution in [3.8, 4) is 39.3 Å². The number of rotatable bonds is 4. The molecule has 0 fully saturated rings. The molecule has 5 heteroatoms. The molecule has 0 bridgehead atoms. The van der Waals surface area contributed by atoms with Gasteiger partial charge in [-0.05, 0) is 121 Å². The van der Waals surface area contributed by atoms with Crippen LogP contribution in [0.4, 0.5) is 17.1 Å². The highest BCUT2D eigenvalue weighted by atomic mass is 16.3. The van der Waals surface area contributed by atoms with Crippen molar-refractivity contribution in [1.29, 1.82) is 0 Å². The summed E-state index contributed by atoms with van der Waals surface area (Å²) >= 11 is 0. The van der Waals surface area contributed by atoms with E-state index in [1.807, 2.05) is 0 Å². The first-order valence-electron chi connectivity index (χ1n) is 26.3. The minimum atomic E-state index is -0.294. The summed E-state index contributed by atoms with van der Waals surface area (Å²) in [4.78, 5) is 2.56. The third-order valence-corrected chi connectivity index (χ3v) is 16.1. The lowest BCUT2D eigenvalue weighted by Crippen LogP contribution is -2.56. The van der Waals surface area contributed by atoms with E-state index in [9.17, 15) is 0 Å². The van der Waals surface area contributed by atoms with Gasteiger partial charge in [-0.15, -0.1) is 0 Å². The van der Waals surface area contributed by atoms with Gasteiger partial charge in [-0.25, -0.2) is 0 Å². The Morgan fingerprint density at radius 1 is 0.425 bits per heavy atom. The smallest absolute Gasteiger partial charge is 0.375 e. The highest BCUT2D eigenvalue weighted by Gasteiger charge is 2.49. The van der Waals surface area contributed by atoms with Crippen LogP contribution in [0.3, 0.4) is 0 Å². The summed E-state index contributed by atoms with van der Waals surface area (Å²) in [5.41, 5.74) is 22.3. The monoisotopic (exact) mass is 950 g/mol. The zero-order chi connectivity index (χ0) is 50.7. The Morgan fingerprint density at radius 2 is 0.959 bits per heavy atom. The third kappa shape index (κ3) is 6.80. The summed E-state index contributed by atoms with van der Waals surface area (Å²) in [6.45, 7) is 27.7. The molecule has 2 aliphatic rings. The second-order valence-corrected chi connectivity index (χ2v) is 25.0. The largest absolute Gasteiger partial charge is 0.465 e. The van der Waals surface area contributed by atoms with Crippen LogP contribution in [0.25, 0.3) is 82.9 Å². The van der Waals surface area contributed by atoms with E-state index in [1.165, 1.54) is 88.1 Å². The summed E-state index contributed by atoms with van der Waals surface area (Å²) in [7, 11) is 0. The highest BCUT2D eigenvalue weighted by Crippen LogP contribution is 2.54. The number of hydrogen-bond acceptors (Lipinski definition) is 2. The predicted molar refractivity (Wildman–Crippen MR) is 312 cm³/mol. The molecule has 0 N–H and O–H groups in total. The lowest BCUT2D eigenvalue weighted by molar-refractivity contribution is 0.590. The molecule has 8 aromatic carbocycles. The number of aromatic nitrogens is 2. The van der Waals surface area contributed by atoms with Crippen molar-refractivity contribution >= 4 is 78.6 Å². The van der Waals surface area contributed by atoms with Gasteiger partial charge in [0.2, 0.25) is 0 Å². The molecule has 0 spiro atoms. The average Bonchev–Trinajstić information content (AvgIpc) is 4.03. The van der Waals surface area contributed by atoms with Gasteiger partial charge in [0.05, 0.1) is 22.3 Å². The molecule has 4 nitrogen and oxygen atoms in total. The Labute approximate surface area is 431 Å². The van der Waals surface area contributed by atoms with Crippen LogP contribution in [0, 0.1) is 0 Å². The molecular weight excluding hydrogens is 886 g/mol. The third-order valence-electron chi connectivity index (χ3n) is 16.1. The van der Waals surface area contributed by atoms with Crippen molar-refractivity contribution in [2.45, 2.75) is 105 Å². The van der Waals surface area contributed by atoms with Crippen molar-refractivity contribution in [3.05, 3.63) is 192 Å². The number of hydrogen-bond donors (Lipinski definition) is 0. The summed E-state index contributed by atoms with van der Waals surface area (Å²) in [5, 5.41) is 5.14. The van der Waals surface area contributed by atoms with Crippen LogP contribution in [-0.2, 0) is 21.7 Å². The number of para-hydroxylation sites is 1. The highest BCUT2D eigenvalue weighted by molar-refractivity contribution is 6.89. The van der Waals surface area contributed by atoms with Gasteiger partial charge in [0.25, 0.3) is 0 Å². The van der Waals surface area contributed by atoms with E-state index in [0.717, 1.165) is 45.2 Å². The summed E-state index contributed by atoms with van der Waals surface area (Å²) in [6.07, 6.45) is 0. The van der Waals surface area contributed by atoms with Crippen molar-refractivity contribution in [1.82, 2.24) is 9.05 Å². The number of fused-ring (bicyclic) bond motifs is 11. The van der Waals surface area contributed by atoms with Gasteiger partial charge in [-0.2, -0.15) is 0 Å². The van der Waals surface area contributed by atoms with Gasteiger partial charge in [0.15, 0.2) is 0 Å². The fourth-order valence-corrected chi connectivity index (χ4v) is 12.2. The number of anilines is 3. The van der Waals surface area contributed by atoms with E-state index in [0.29, 0.717) is 0 Å². The van der Waals surface area contributed by atoms with E-state index >= 15 is 0 Å². The van der Waals surface area contributed by atoms with Crippen LogP contribution >= 0.6 is 0 Å². The van der Waals surface area contributed by atoms with Crippen molar-refractivity contribution in [3.63, 3.8) is 0 Å². The zero-order valence-corrected chi connectivity index (χ0v) is 44.5. The maximum atomic E-state index is 7.80. The topological polar surface area (TPSA) is 26.2 Å². The number of nitrogens with zero attached hydrogens (tertiary/aromatic N) is 3. The van der Waals surface area contributed by atoms with Crippen molar-refractivity contribution in [2.24, 2.45) is 0 Å². The molecule has 0 radical (unpaired) electrons. The van der Waals surface area contributed by atoms with E-state index in [2.05, 4.69) is 267 Å². The standard InChI is InChI=1S/C68H64BN3O/c1-65(2,3)43-28-32-48(33-29-43)71-56-39-46(68(10,11)12)38-49-50-40-55-58(51-36-44(66(4,5)6)30-34-53(51)70(55)47-26-20-15-21-27-47)59-52-37-45(67(7,8)9)31-35-54(52)72(61(50)59)69(60(49)56)64-62(71)57(41-22-16-13-17-23-41)63(73-64)42-24-18-14-19-25-42/h13-40H,1-12H3. The van der Waals surface area contributed by atoms with Gasteiger partial charge >= 0.3 is 6.85 Å². The van der Waals surface area contributed by atoms with Crippen molar-refractivity contribution in [2.75, 3.05) is 4.90 Å². The molecule has 3 aromatic heterocycles. The second-order valence-electron chi connectivity index (χ2n) is 25.0. The molecule has 0 unspecified atom stereocenters. The second kappa shape index (κ2) is 15.5. The molecule has 2 aliphatic heterocycles. The van der Waals surface area contributed by atoms with Crippen LogP contribution in [-0.4, -0.2) is 15.9 Å². The molecule has 73 heavy (non-hydrogen) atoms. The summed E-state index contributed by atoms with van der Waals surface area (Å²) in [6, 6.07) is 64.2. The first kappa shape index (κ1) is 45.4. The molecule has 0 saturated carbocycles. The molecular formula is C68H64BN3O. The summed E-state index contributed by atoms with van der Waals surface area (Å²) < 4.78 is 13.0. The molecule has 5 heterocycles. The summed E-state index contributed by atoms with van der Waals surface area (Å²) in [5.74, 6) is 0.878. The van der Waals surface area contributed by atoms with Crippen LogP contribution < -0.4 is 16.0 Å². The van der Waals surface area contributed by atoms with Gasteiger partial charge in [0, 0.05) is 60.8 Å². The SMILES string of the molecule is CC(C)(C)c1ccc(N2c3cc(C(C)(C)C)cc4c3B(c3oc(-c5ccccc5)c(-c5ccccc5)c32)n2c3ccc(C(C)(C)C)cc3c3c5c6cc(C(C)(C)C)ccc6n(-c6ccccc6)c5cc-4c32)cc1. The Bertz CT molecular complexity index is 4030. The fourth-order valence-electron chi connectivity index (χ4n) is 12.2. The average molecular weight is 950 g/mol. The van der Waals surface area contributed by atoms with Gasteiger partial charge in [0.1, 0.15) is 11.4 Å². The van der Waals surface area contributed by atoms with E-state index in [-0.39, 0.29) is 28.5 Å². The zero-order valence-electron chi connectivity index (χ0n) is 44.5. The van der Waals surface area contributed by atoms with Gasteiger partial charge in [-0.3, -0.25) is 0 Å². The lowest BCUT2D eigenvalue weighted by Gasteiger charge is -2.40. The fraction of sp³-hybridized carbons (Fsp3) is 0.235. The van der Waals surface area contributed by atoms with Crippen molar-refractivity contribution < 1.29 is 4.42 Å².